The lowest BCUT2D eigenvalue weighted by Gasteiger charge is -2.28. The fourth-order valence-electron chi connectivity index (χ4n) is 4.62. The first-order chi connectivity index (χ1) is 17.3. The molecule has 190 valence electrons. The number of hydrogen-bond acceptors (Lipinski definition) is 8. The molecule has 4 rings (SSSR count). The van der Waals surface area contributed by atoms with E-state index in [-0.39, 0.29) is 30.0 Å². The largest absolute Gasteiger partial charge is 0.382 e. The van der Waals surface area contributed by atoms with E-state index in [1.165, 1.54) is 12.4 Å². The molecule has 10 heteroatoms. The van der Waals surface area contributed by atoms with Crippen LogP contribution in [0.25, 0.3) is 10.9 Å². The van der Waals surface area contributed by atoms with E-state index in [1.54, 1.807) is 4.90 Å². The second-order valence-corrected chi connectivity index (χ2v) is 9.41. The van der Waals surface area contributed by atoms with Crippen molar-refractivity contribution >= 4 is 34.4 Å². The molecule has 1 fully saturated rings. The number of likely N-dealkylation sites (N-methyl/N-ethyl adjacent to an activating group) is 3. The zero-order chi connectivity index (χ0) is 25.8. The van der Waals surface area contributed by atoms with Crippen LogP contribution in [0.15, 0.2) is 36.7 Å². The first kappa shape index (κ1) is 25.3. The SMILES string of the molecule is Cc1cccc2cc(CNC(=O)c3nccnc3N)c(N(C)CCN(C)C(=O)[C@H]3CCCN3C)nc12. The summed E-state index contributed by atoms with van der Waals surface area (Å²) >= 11 is 0. The highest BCUT2D eigenvalue weighted by molar-refractivity contribution is 5.96. The number of anilines is 2. The standard InChI is InChI=1S/C26H34N8O2/c1-17-7-5-8-18-15-19(16-30-25(35)22-23(27)29-11-10-28-22)24(31-21(17)18)33(3)13-14-34(4)26(36)20-9-6-12-32(20)2/h5,7-8,10-11,15,20H,6,9,12-14,16H2,1-4H3,(H2,27,29)(H,30,35)/t20-/m1/s1. The van der Waals surface area contributed by atoms with Gasteiger partial charge >= 0.3 is 0 Å². The number of nitrogen functional groups attached to an aromatic ring is 1. The number of aromatic nitrogens is 3. The Bertz CT molecular complexity index is 1260. The Morgan fingerprint density at radius 1 is 1.19 bits per heavy atom. The summed E-state index contributed by atoms with van der Waals surface area (Å²) < 4.78 is 0. The molecular formula is C26H34N8O2. The van der Waals surface area contributed by atoms with Crippen molar-refractivity contribution in [1.29, 1.82) is 0 Å². The van der Waals surface area contributed by atoms with Gasteiger partial charge in [-0.1, -0.05) is 18.2 Å². The van der Waals surface area contributed by atoms with Gasteiger partial charge in [-0.25, -0.2) is 15.0 Å². The van der Waals surface area contributed by atoms with Gasteiger partial charge in [0, 0.05) is 57.1 Å². The fourth-order valence-corrected chi connectivity index (χ4v) is 4.62. The fraction of sp³-hybridized carbons (Fsp3) is 0.423. The minimum absolute atomic E-state index is 0.0407. The van der Waals surface area contributed by atoms with Gasteiger partial charge in [-0.3, -0.25) is 14.5 Å². The molecule has 0 spiro atoms. The molecule has 1 aromatic carbocycles. The van der Waals surface area contributed by atoms with Gasteiger partial charge in [0.25, 0.3) is 5.91 Å². The molecule has 1 atom stereocenters. The lowest BCUT2D eigenvalue weighted by Crippen LogP contribution is -2.44. The molecular weight excluding hydrogens is 456 g/mol. The molecule has 0 unspecified atom stereocenters. The van der Waals surface area contributed by atoms with E-state index in [0.29, 0.717) is 13.1 Å². The van der Waals surface area contributed by atoms with E-state index in [1.807, 2.05) is 57.2 Å². The minimum atomic E-state index is -0.399. The number of amides is 2. The smallest absolute Gasteiger partial charge is 0.273 e. The van der Waals surface area contributed by atoms with Crippen LogP contribution in [0.5, 0.6) is 0 Å². The second kappa shape index (κ2) is 10.9. The number of carbonyl (C=O) groups excluding carboxylic acids is 2. The highest BCUT2D eigenvalue weighted by Gasteiger charge is 2.30. The molecule has 3 N–H and O–H groups in total. The summed E-state index contributed by atoms with van der Waals surface area (Å²) in [4.78, 5) is 44.5. The third-order valence-electron chi connectivity index (χ3n) is 6.80. The topological polar surface area (TPSA) is 121 Å². The highest BCUT2D eigenvalue weighted by atomic mass is 16.2. The molecule has 1 aliphatic rings. The van der Waals surface area contributed by atoms with E-state index in [2.05, 4.69) is 20.2 Å². The van der Waals surface area contributed by atoms with Gasteiger partial charge in [-0.15, -0.1) is 0 Å². The van der Waals surface area contributed by atoms with Crippen LogP contribution in [-0.2, 0) is 11.3 Å². The molecule has 0 radical (unpaired) electrons. The monoisotopic (exact) mass is 490 g/mol. The van der Waals surface area contributed by atoms with Crippen molar-refractivity contribution in [2.45, 2.75) is 32.4 Å². The maximum atomic E-state index is 12.9. The van der Waals surface area contributed by atoms with Gasteiger partial charge < -0.3 is 20.9 Å². The predicted octanol–water partition coefficient (Wildman–Crippen LogP) is 1.83. The Morgan fingerprint density at radius 3 is 2.69 bits per heavy atom. The van der Waals surface area contributed by atoms with Crippen molar-refractivity contribution in [2.75, 3.05) is 51.4 Å². The average molecular weight is 491 g/mol. The number of hydrogen-bond donors (Lipinski definition) is 2. The van der Waals surface area contributed by atoms with Gasteiger partial charge in [-0.2, -0.15) is 0 Å². The molecule has 3 aromatic rings. The Hall–Kier alpha value is -3.79. The van der Waals surface area contributed by atoms with Crippen LogP contribution in [0.2, 0.25) is 0 Å². The van der Waals surface area contributed by atoms with Crippen LogP contribution >= 0.6 is 0 Å². The number of rotatable bonds is 8. The molecule has 2 aromatic heterocycles. The molecule has 1 aliphatic heterocycles. The Labute approximate surface area is 211 Å². The molecule has 10 nitrogen and oxygen atoms in total. The Balaban J connectivity index is 1.53. The van der Waals surface area contributed by atoms with Gasteiger partial charge in [0.15, 0.2) is 11.5 Å². The number of carbonyl (C=O) groups is 2. The number of para-hydroxylation sites is 1. The molecule has 0 bridgehead atoms. The van der Waals surface area contributed by atoms with Crippen LogP contribution in [-0.4, -0.2) is 83.4 Å². The number of pyridine rings is 1. The predicted molar refractivity (Wildman–Crippen MR) is 141 cm³/mol. The van der Waals surface area contributed by atoms with Crippen LogP contribution in [0.1, 0.15) is 34.5 Å². The summed E-state index contributed by atoms with van der Waals surface area (Å²) in [6.45, 7) is 4.39. The third kappa shape index (κ3) is 5.38. The lowest BCUT2D eigenvalue weighted by molar-refractivity contribution is -0.134. The second-order valence-electron chi connectivity index (χ2n) is 9.41. The first-order valence-electron chi connectivity index (χ1n) is 12.2. The van der Waals surface area contributed by atoms with E-state index in [0.717, 1.165) is 47.2 Å². The van der Waals surface area contributed by atoms with Crippen molar-refractivity contribution in [3.63, 3.8) is 0 Å². The van der Waals surface area contributed by atoms with E-state index >= 15 is 0 Å². The summed E-state index contributed by atoms with van der Waals surface area (Å²) in [5.74, 6) is 0.590. The van der Waals surface area contributed by atoms with Crippen molar-refractivity contribution in [2.24, 2.45) is 0 Å². The maximum Gasteiger partial charge on any atom is 0.273 e. The van der Waals surface area contributed by atoms with Gasteiger partial charge in [0.05, 0.1) is 11.6 Å². The summed E-state index contributed by atoms with van der Waals surface area (Å²) in [5, 5.41) is 3.89. The zero-order valence-electron chi connectivity index (χ0n) is 21.4. The summed E-state index contributed by atoms with van der Waals surface area (Å²) in [6.07, 6.45) is 4.84. The number of nitrogens with two attached hydrogens (primary N) is 1. The van der Waals surface area contributed by atoms with E-state index < -0.39 is 5.91 Å². The lowest BCUT2D eigenvalue weighted by atomic mass is 10.1. The molecule has 0 aliphatic carbocycles. The number of nitrogens with one attached hydrogen (secondary N) is 1. The van der Waals surface area contributed by atoms with Crippen molar-refractivity contribution < 1.29 is 9.59 Å². The number of nitrogens with zero attached hydrogens (tertiary/aromatic N) is 6. The molecule has 36 heavy (non-hydrogen) atoms. The quantitative estimate of drug-likeness (QED) is 0.491. The van der Waals surface area contributed by atoms with Crippen LogP contribution in [0.3, 0.4) is 0 Å². The van der Waals surface area contributed by atoms with Crippen molar-refractivity contribution in [3.05, 3.63) is 53.5 Å². The van der Waals surface area contributed by atoms with Gasteiger partial charge in [0.2, 0.25) is 5.91 Å². The molecule has 3 heterocycles. The number of likely N-dealkylation sites (tertiary alicyclic amines) is 1. The number of benzene rings is 1. The summed E-state index contributed by atoms with van der Waals surface area (Å²) in [7, 11) is 5.82. The van der Waals surface area contributed by atoms with Crippen LogP contribution < -0.4 is 16.0 Å². The Kier molecular flexibility index (Phi) is 7.64. The third-order valence-corrected chi connectivity index (χ3v) is 6.80. The average Bonchev–Trinajstić information content (AvgIpc) is 3.30. The maximum absolute atomic E-state index is 12.9. The minimum Gasteiger partial charge on any atom is -0.382 e. The van der Waals surface area contributed by atoms with Crippen LogP contribution in [0, 0.1) is 6.92 Å². The molecule has 0 saturated carbocycles. The highest BCUT2D eigenvalue weighted by Crippen LogP contribution is 2.25. The molecule has 2 amide bonds. The van der Waals surface area contributed by atoms with Crippen molar-refractivity contribution in [3.8, 4) is 0 Å². The van der Waals surface area contributed by atoms with Gasteiger partial charge in [-0.05, 0) is 45.0 Å². The molecule has 1 saturated heterocycles. The van der Waals surface area contributed by atoms with Crippen molar-refractivity contribution in [1.82, 2.24) is 30.1 Å². The normalized spacial score (nSPS) is 15.7. The van der Waals surface area contributed by atoms with E-state index in [4.69, 9.17) is 10.7 Å². The number of fused-ring (bicyclic) bond motifs is 1. The summed E-state index contributed by atoms with van der Waals surface area (Å²) in [5.41, 5.74) is 8.74. The summed E-state index contributed by atoms with van der Waals surface area (Å²) in [6, 6.07) is 8.04. The van der Waals surface area contributed by atoms with Gasteiger partial charge in [0.1, 0.15) is 5.82 Å². The van der Waals surface area contributed by atoms with E-state index in [9.17, 15) is 9.59 Å². The Morgan fingerprint density at radius 2 is 1.97 bits per heavy atom. The first-order valence-corrected chi connectivity index (χ1v) is 12.2. The number of aryl methyl sites for hydroxylation is 1. The zero-order valence-corrected chi connectivity index (χ0v) is 21.4. The van der Waals surface area contributed by atoms with Crippen LogP contribution in [0.4, 0.5) is 11.6 Å².